The normalized spacial score (nSPS) is 19.1. The van der Waals surface area contributed by atoms with Crippen LogP contribution in [0.15, 0.2) is 23.1 Å². The van der Waals surface area contributed by atoms with Gasteiger partial charge in [-0.3, -0.25) is 4.79 Å². The maximum Gasteiger partial charge on any atom is 0.340 e. The van der Waals surface area contributed by atoms with E-state index < -0.39 is 22.6 Å². The molecule has 1 N–H and O–H groups in total. The summed E-state index contributed by atoms with van der Waals surface area (Å²) in [6.07, 6.45) is 6.34. The van der Waals surface area contributed by atoms with E-state index in [0.717, 1.165) is 25.7 Å². The van der Waals surface area contributed by atoms with E-state index >= 15 is 0 Å². The van der Waals surface area contributed by atoms with E-state index in [-0.39, 0.29) is 40.5 Å². The third-order valence-corrected chi connectivity index (χ3v) is 7.54. The van der Waals surface area contributed by atoms with Gasteiger partial charge in [0.1, 0.15) is 0 Å². The first kappa shape index (κ1) is 23.0. The number of amides is 1. The second kappa shape index (κ2) is 10.6. The largest absolute Gasteiger partial charge is 0.452 e. The number of sulfonamides is 1. The summed E-state index contributed by atoms with van der Waals surface area (Å²) in [6.45, 7) is 0.680. The maximum atomic E-state index is 12.8. The first-order chi connectivity index (χ1) is 14.4. The third kappa shape index (κ3) is 5.94. The van der Waals surface area contributed by atoms with E-state index in [1.165, 1.54) is 35.3 Å². The Labute approximate surface area is 181 Å². The molecule has 1 aliphatic carbocycles. The second-order valence-electron chi connectivity index (χ2n) is 7.49. The molecule has 8 nitrogen and oxygen atoms in total. The Morgan fingerprint density at radius 1 is 1.13 bits per heavy atom. The number of hydrogen-bond donors (Lipinski definition) is 1. The van der Waals surface area contributed by atoms with Crippen molar-refractivity contribution in [3.63, 3.8) is 0 Å². The molecule has 3 rings (SSSR count). The molecule has 1 amide bonds. The summed E-state index contributed by atoms with van der Waals surface area (Å²) < 4.78 is 37.2. The molecular formula is C20H27ClN2O6S. The van der Waals surface area contributed by atoms with Crippen LogP contribution in [-0.4, -0.2) is 63.6 Å². The minimum atomic E-state index is -3.78. The Morgan fingerprint density at radius 2 is 1.80 bits per heavy atom. The highest BCUT2D eigenvalue weighted by Crippen LogP contribution is 2.24. The summed E-state index contributed by atoms with van der Waals surface area (Å²) in [5.41, 5.74) is -0.0896. The number of benzene rings is 1. The molecular weight excluding hydrogens is 432 g/mol. The molecule has 2 fully saturated rings. The molecule has 1 aromatic carbocycles. The van der Waals surface area contributed by atoms with Crippen LogP contribution in [0.3, 0.4) is 0 Å². The molecule has 1 aliphatic heterocycles. The lowest BCUT2D eigenvalue weighted by Gasteiger charge is -2.26. The van der Waals surface area contributed by atoms with E-state index in [1.807, 2.05) is 0 Å². The van der Waals surface area contributed by atoms with Gasteiger partial charge >= 0.3 is 5.97 Å². The van der Waals surface area contributed by atoms with Crippen LogP contribution in [-0.2, 0) is 24.3 Å². The van der Waals surface area contributed by atoms with E-state index in [4.69, 9.17) is 21.1 Å². The predicted octanol–water partition coefficient (Wildman–Crippen LogP) is 2.36. The standard InChI is InChI=1S/C20H27ClN2O6S/c21-18-8-7-16(30(26,27)23-9-11-28-12-10-23)13-17(18)20(25)29-14-19(24)22-15-5-3-1-2-4-6-15/h7-8,13,15H,1-6,9-12,14H2,(H,22,24). The quantitative estimate of drug-likeness (QED) is 0.518. The van der Waals surface area contributed by atoms with Crippen molar-refractivity contribution < 1.29 is 27.5 Å². The topological polar surface area (TPSA) is 102 Å². The Balaban J connectivity index is 1.62. The van der Waals surface area contributed by atoms with Gasteiger partial charge < -0.3 is 14.8 Å². The number of morpholine rings is 1. The Hall–Kier alpha value is -1.68. The van der Waals surface area contributed by atoms with Crippen LogP contribution in [0, 0.1) is 0 Å². The number of nitrogens with zero attached hydrogens (tertiary/aromatic N) is 1. The summed E-state index contributed by atoms with van der Waals surface area (Å²) >= 11 is 6.09. The number of carbonyl (C=O) groups is 2. The van der Waals surface area contributed by atoms with Gasteiger partial charge in [0.15, 0.2) is 6.61 Å². The highest BCUT2D eigenvalue weighted by molar-refractivity contribution is 7.89. The molecule has 1 saturated heterocycles. The second-order valence-corrected chi connectivity index (χ2v) is 9.84. The van der Waals surface area contributed by atoms with Gasteiger partial charge in [0.25, 0.3) is 5.91 Å². The zero-order chi connectivity index (χ0) is 21.6. The van der Waals surface area contributed by atoms with Gasteiger partial charge in [0, 0.05) is 19.1 Å². The fourth-order valence-corrected chi connectivity index (χ4v) is 5.29. The van der Waals surface area contributed by atoms with Crippen LogP contribution < -0.4 is 5.32 Å². The molecule has 0 bridgehead atoms. The van der Waals surface area contributed by atoms with Crippen LogP contribution in [0.4, 0.5) is 0 Å². The number of carbonyl (C=O) groups excluding carboxylic acids is 2. The Kier molecular flexibility index (Phi) is 8.10. The average molecular weight is 459 g/mol. The number of nitrogens with one attached hydrogen (secondary N) is 1. The van der Waals surface area contributed by atoms with Gasteiger partial charge in [-0.05, 0) is 31.0 Å². The molecule has 1 saturated carbocycles. The maximum absolute atomic E-state index is 12.8. The lowest BCUT2D eigenvalue weighted by atomic mass is 10.1. The van der Waals surface area contributed by atoms with E-state index in [1.54, 1.807) is 0 Å². The zero-order valence-corrected chi connectivity index (χ0v) is 18.3. The molecule has 10 heteroatoms. The summed E-state index contributed by atoms with van der Waals surface area (Å²) in [4.78, 5) is 24.5. The van der Waals surface area contributed by atoms with Crippen molar-refractivity contribution in [1.82, 2.24) is 9.62 Å². The number of ether oxygens (including phenoxy) is 2. The van der Waals surface area contributed by atoms with Crippen molar-refractivity contribution in [2.75, 3.05) is 32.9 Å². The molecule has 1 aromatic rings. The summed E-state index contributed by atoms with van der Waals surface area (Å²) in [6, 6.07) is 3.99. The molecule has 0 atom stereocenters. The van der Waals surface area contributed by atoms with Gasteiger partial charge in [0.05, 0.1) is 28.7 Å². The summed E-state index contributed by atoms with van der Waals surface area (Å²) in [5.74, 6) is -1.21. The third-order valence-electron chi connectivity index (χ3n) is 5.32. The molecule has 0 unspecified atom stereocenters. The highest BCUT2D eigenvalue weighted by Gasteiger charge is 2.28. The van der Waals surface area contributed by atoms with E-state index in [9.17, 15) is 18.0 Å². The van der Waals surface area contributed by atoms with Gasteiger partial charge in [-0.2, -0.15) is 4.31 Å². The first-order valence-corrected chi connectivity index (χ1v) is 12.0. The zero-order valence-electron chi connectivity index (χ0n) is 16.8. The number of esters is 1. The van der Waals surface area contributed by atoms with Crippen molar-refractivity contribution in [3.05, 3.63) is 28.8 Å². The minimum absolute atomic E-state index is 0.0522. The SMILES string of the molecule is O=C(COC(=O)c1cc(S(=O)(=O)N2CCOCC2)ccc1Cl)NC1CCCCCC1. The van der Waals surface area contributed by atoms with Crippen LogP contribution >= 0.6 is 11.6 Å². The lowest BCUT2D eigenvalue weighted by molar-refractivity contribution is -0.125. The summed E-state index contributed by atoms with van der Waals surface area (Å²) in [7, 11) is -3.78. The fraction of sp³-hybridized carbons (Fsp3) is 0.600. The molecule has 0 radical (unpaired) electrons. The van der Waals surface area contributed by atoms with E-state index in [2.05, 4.69) is 5.32 Å². The van der Waals surface area contributed by atoms with Crippen molar-refractivity contribution in [3.8, 4) is 0 Å². The van der Waals surface area contributed by atoms with Crippen molar-refractivity contribution in [2.45, 2.75) is 49.5 Å². The molecule has 2 aliphatic rings. The molecule has 1 heterocycles. The van der Waals surface area contributed by atoms with Gasteiger partial charge in [-0.25, -0.2) is 13.2 Å². The highest BCUT2D eigenvalue weighted by atomic mass is 35.5. The van der Waals surface area contributed by atoms with Gasteiger partial charge in [-0.1, -0.05) is 37.3 Å². The number of hydrogen-bond acceptors (Lipinski definition) is 6. The number of rotatable bonds is 6. The number of halogens is 1. The molecule has 0 spiro atoms. The van der Waals surface area contributed by atoms with Crippen LogP contribution in [0.25, 0.3) is 0 Å². The van der Waals surface area contributed by atoms with Gasteiger partial charge in [-0.15, -0.1) is 0 Å². The fourth-order valence-electron chi connectivity index (χ4n) is 3.66. The van der Waals surface area contributed by atoms with Crippen molar-refractivity contribution in [2.24, 2.45) is 0 Å². The van der Waals surface area contributed by atoms with Crippen molar-refractivity contribution >= 4 is 33.5 Å². The lowest BCUT2D eigenvalue weighted by Crippen LogP contribution is -2.40. The van der Waals surface area contributed by atoms with E-state index in [0.29, 0.717) is 13.2 Å². The summed E-state index contributed by atoms with van der Waals surface area (Å²) in [5, 5.41) is 2.96. The minimum Gasteiger partial charge on any atom is -0.452 e. The first-order valence-electron chi connectivity index (χ1n) is 10.2. The van der Waals surface area contributed by atoms with Crippen LogP contribution in [0.1, 0.15) is 48.9 Å². The van der Waals surface area contributed by atoms with Crippen LogP contribution in [0.5, 0.6) is 0 Å². The Bertz CT molecular complexity index is 862. The average Bonchev–Trinajstić information content (AvgIpc) is 3.01. The van der Waals surface area contributed by atoms with Gasteiger partial charge in [0.2, 0.25) is 10.0 Å². The molecule has 166 valence electrons. The smallest absolute Gasteiger partial charge is 0.340 e. The van der Waals surface area contributed by atoms with Crippen LogP contribution in [0.2, 0.25) is 5.02 Å². The van der Waals surface area contributed by atoms with Crippen molar-refractivity contribution in [1.29, 1.82) is 0 Å². The Morgan fingerprint density at radius 3 is 2.47 bits per heavy atom. The molecule has 30 heavy (non-hydrogen) atoms. The monoisotopic (exact) mass is 458 g/mol. The molecule has 0 aromatic heterocycles. The predicted molar refractivity (Wildman–Crippen MR) is 111 cm³/mol.